The molecule has 3 aromatic rings. The van der Waals surface area contributed by atoms with Crippen molar-refractivity contribution in [3.8, 4) is 0 Å². The summed E-state index contributed by atoms with van der Waals surface area (Å²) in [5.74, 6) is -1.88. The standard InChI is InChI=1S/C17H15NO.C2HF3O2/c1-18-15-9-6-13(7-10-15)8-11-16-12-14-4-2-3-5-17(14)19-16;3-2(4,5)1(6)7/h2-12,18H,1H3;(H,6,7). The van der Waals surface area contributed by atoms with Crippen LogP contribution in [0.25, 0.3) is 23.1 Å². The van der Waals surface area contributed by atoms with Crippen LogP contribution in [-0.4, -0.2) is 24.3 Å². The molecule has 1 aromatic heterocycles. The zero-order chi connectivity index (χ0) is 19.2. The molecular formula is C19H16F3NO3. The van der Waals surface area contributed by atoms with E-state index in [9.17, 15) is 13.2 Å². The van der Waals surface area contributed by atoms with Crippen molar-refractivity contribution in [1.82, 2.24) is 0 Å². The van der Waals surface area contributed by atoms with Gasteiger partial charge in [0.05, 0.1) is 0 Å². The lowest BCUT2D eigenvalue weighted by Gasteiger charge is -1.98. The Hall–Kier alpha value is -3.22. The Bertz CT molecular complexity index is 863. The average Bonchev–Trinajstić information content (AvgIpc) is 3.03. The summed E-state index contributed by atoms with van der Waals surface area (Å²) >= 11 is 0. The van der Waals surface area contributed by atoms with Crippen LogP contribution in [0, 0.1) is 0 Å². The van der Waals surface area contributed by atoms with Crippen LogP contribution in [0.1, 0.15) is 11.3 Å². The molecule has 0 spiro atoms. The number of carboxylic acid groups (broad SMARTS) is 1. The molecule has 136 valence electrons. The van der Waals surface area contributed by atoms with E-state index < -0.39 is 12.1 Å². The van der Waals surface area contributed by atoms with E-state index in [1.165, 1.54) is 0 Å². The van der Waals surface area contributed by atoms with Crippen molar-refractivity contribution >= 4 is 34.8 Å². The first kappa shape index (κ1) is 19.1. The molecule has 2 N–H and O–H groups in total. The van der Waals surface area contributed by atoms with Crippen LogP contribution >= 0.6 is 0 Å². The molecule has 26 heavy (non-hydrogen) atoms. The molecule has 0 radical (unpaired) electrons. The van der Waals surface area contributed by atoms with Gasteiger partial charge in [-0.05, 0) is 35.9 Å². The maximum absolute atomic E-state index is 10.6. The number of carboxylic acids is 1. The van der Waals surface area contributed by atoms with Gasteiger partial charge in [0.2, 0.25) is 0 Å². The minimum atomic E-state index is -5.08. The van der Waals surface area contributed by atoms with Gasteiger partial charge in [-0.1, -0.05) is 36.4 Å². The summed E-state index contributed by atoms with van der Waals surface area (Å²) in [4.78, 5) is 8.90. The van der Waals surface area contributed by atoms with E-state index in [1.54, 1.807) is 0 Å². The molecule has 4 nitrogen and oxygen atoms in total. The normalized spacial score (nSPS) is 11.2. The number of halogens is 3. The van der Waals surface area contributed by atoms with Crippen molar-refractivity contribution in [3.05, 3.63) is 65.9 Å². The van der Waals surface area contributed by atoms with Crippen LogP contribution in [0.2, 0.25) is 0 Å². The molecule has 0 unspecified atom stereocenters. The fourth-order valence-corrected chi connectivity index (χ4v) is 2.02. The van der Waals surface area contributed by atoms with Crippen molar-refractivity contribution in [2.45, 2.75) is 6.18 Å². The van der Waals surface area contributed by atoms with Gasteiger partial charge in [-0.25, -0.2) is 4.79 Å². The number of alkyl halides is 3. The lowest BCUT2D eigenvalue weighted by Crippen LogP contribution is -2.21. The number of nitrogens with one attached hydrogen (secondary N) is 1. The summed E-state index contributed by atoms with van der Waals surface area (Å²) < 4.78 is 37.5. The first-order valence-corrected chi connectivity index (χ1v) is 7.54. The summed E-state index contributed by atoms with van der Waals surface area (Å²) in [5.41, 5.74) is 3.19. The summed E-state index contributed by atoms with van der Waals surface area (Å²) in [6.07, 6.45) is -1.04. The molecule has 0 atom stereocenters. The number of fused-ring (bicyclic) bond motifs is 1. The molecule has 0 fully saturated rings. The molecule has 0 saturated carbocycles. The summed E-state index contributed by atoms with van der Waals surface area (Å²) in [6.45, 7) is 0. The number of carbonyl (C=O) groups is 1. The number of furan rings is 1. The molecule has 2 aromatic carbocycles. The Morgan fingerprint density at radius 3 is 2.23 bits per heavy atom. The molecule has 0 amide bonds. The molecule has 7 heteroatoms. The first-order chi connectivity index (χ1) is 12.3. The Kier molecular flexibility index (Phi) is 6.06. The summed E-state index contributed by atoms with van der Waals surface area (Å²) in [5, 5.41) is 11.4. The molecule has 3 rings (SSSR count). The van der Waals surface area contributed by atoms with Crippen LogP contribution in [0.15, 0.2) is 59.0 Å². The SMILES string of the molecule is CNc1ccc(C=Cc2cc3ccccc3o2)cc1.O=C(O)C(F)(F)F. The highest BCUT2D eigenvalue weighted by Gasteiger charge is 2.38. The molecule has 0 aliphatic carbocycles. The monoisotopic (exact) mass is 363 g/mol. The highest BCUT2D eigenvalue weighted by molar-refractivity contribution is 5.81. The lowest BCUT2D eigenvalue weighted by atomic mass is 10.2. The van der Waals surface area contributed by atoms with Crippen molar-refractivity contribution in [3.63, 3.8) is 0 Å². The Balaban J connectivity index is 0.000000298. The van der Waals surface area contributed by atoms with E-state index in [2.05, 4.69) is 41.7 Å². The summed E-state index contributed by atoms with van der Waals surface area (Å²) in [6, 6.07) is 18.3. The number of para-hydroxylation sites is 1. The lowest BCUT2D eigenvalue weighted by molar-refractivity contribution is -0.192. The van der Waals surface area contributed by atoms with Crippen LogP contribution < -0.4 is 5.32 Å². The highest BCUT2D eigenvalue weighted by Crippen LogP contribution is 2.20. The molecule has 0 aliphatic rings. The number of rotatable bonds is 3. The number of benzene rings is 2. The third-order valence-corrected chi connectivity index (χ3v) is 3.33. The van der Waals surface area contributed by atoms with Gasteiger partial charge in [0.1, 0.15) is 11.3 Å². The molecule has 0 bridgehead atoms. The number of aliphatic carboxylic acids is 1. The van der Waals surface area contributed by atoms with Crippen LogP contribution in [0.3, 0.4) is 0 Å². The first-order valence-electron chi connectivity index (χ1n) is 7.54. The second-order valence-electron chi connectivity index (χ2n) is 5.19. The van der Waals surface area contributed by atoms with E-state index >= 15 is 0 Å². The van der Waals surface area contributed by atoms with Gasteiger partial charge in [0.25, 0.3) is 0 Å². The Labute approximate surface area is 147 Å². The Morgan fingerprint density at radius 1 is 1.08 bits per heavy atom. The van der Waals surface area contributed by atoms with E-state index in [0.717, 1.165) is 28.0 Å². The van der Waals surface area contributed by atoms with Crippen molar-refractivity contribution in [1.29, 1.82) is 0 Å². The van der Waals surface area contributed by atoms with Crippen LogP contribution in [-0.2, 0) is 4.79 Å². The molecule has 1 heterocycles. The predicted octanol–water partition coefficient (Wildman–Crippen LogP) is 5.28. The van der Waals surface area contributed by atoms with Crippen molar-refractivity contribution in [2.75, 3.05) is 12.4 Å². The maximum Gasteiger partial charge on any atom is 0.490 e. The molecule has 0 saturated heterocycles. The molecule has 0 aliphatic heterocycles. The van der Waals surface area contributed by atoms with Crippen LogP contribution in [0.5, 0.6) is 0 Å². The van der Waals surface area contributed by atoms with Gasteiger partial charge >= 0.3 is 12.1 Å². The van der Waals surface area contributed by atoms with Gasteiger partial charge in [-0.15, -0.1) is 0 Å². The quantitative estimate of drug-likeness (QED) is 0.665. The number of anilines is 1. The highest BCUT2D eigenvalue weighted by atomic mass is 19.4. The topological polar surface area (TPSA) is 62.5 Å². The Morgan fingerprint density at radius 2 is 1.69 bits per heavy atom. The minimum absolute atomic E-state index is 0.874. The third kappa shape index (κ3) is 5.41. The van der Waals surface area contributed by atoms with Crippen molar-refractivity contribution < 1.29 is 27.5 Å². The van der Waals surface area contributed by atoms with Gasteiger partial charge in [-0.2, -0.15) is 13.2 Å². The largest absolute Gasteiger partial charge is 0.490 e. The van der Waals surface area contributed by atoms with Gasteiger partial charge in [-0.3, -0.25) is 0 Å². The second-order valence-corrected chi connectivity index (χ2v) is 5.19. The zero-order valence-corrected chi connectivity index (χ0v) is 13.7. The molecular weight excluding hydrogens is 347 g/mol. The summed E-state index contributed by atoms with van der Waals surface area (Å²) in [7, 11) is 1.92. The van der Waals surface area contributed by atoms with Gasteiger partial charge in [0.15, 0.2) is 0 Å². The third-order valence-electron chi connectivity index (χ3n) is 3.33. The van der Waals surface area contributed by atoms with E-state index in [4.69, 9.17) is 14.3 Å². The maximum atomic E-state index is 10.6. The van der Waals surface area contributed by atoms with Crippen LogP contribution in [0.4, 0.5) is 18.9 Å². The van der Waals surface area contributed by atoms with E-state index in [1.807, 2.05) is 37.4 Å². The average molecular weight is 363 g/mol. The smallest absolute Gasteiger partial charge is 0.475 e. The predicted molar refractivity (Wildman–Crippen MR) is 94.8 cm³/mol. The second kappa shape index (κ2) is 8.24. The van der Waals surface area contributed by atoms with E-state index in [-0.39, 0.29) is 0 Å². The van der Waals surface area contributed by atoms with Gasteiger partial charge < -0.3 is 14.8 Å². The van der Waals surface area contributed by atoms with Crippen molar-refractivity contribution in [2.24, 2.45) is 0 Å². The number of hydrogen-bond acceptors (Lipinski definition) is 3. The number of hydrogen-bond donors (Lipinski definition) is 2. The fourth-order valence-electron chi connectivity index (χ4n) is 2.02. The fraction of sp³-hybridized carbons (Fsp3) is 0.105. The zero-order valence-electron chi connectivity index (χ0n) is 13.7. The minimum Gasteiger partial charge on any atom is -0.475 e. The van der Waals surface area contributed by atoms with Gasteiger partial charge in [0, 0.05) is 18.1 Å². The van der Waals surface area contributed by atoms with E-state index in [0.29, 0.717) is 0 Å².